The fourth-order valence-corrected chi connectivity index (χ4v) is 2.54. The van der Waals surface area contributed by atoms with Crippen molar-refractivity contribution in [1.82, 2.24) is 0 Å². The Kier molecular flexibility index (Phi) is 6.41. The second-order valence-electron chi connectivity index (χ2n) is 6.24. The van der Waals surface area contributed by atoms with E-state index in [-0.39, 0.29) is 12.2 Å². The van der Waals surface area contributed by atoms with E-state index in [4.69, 9.17) is 14.6 Å². The van der Waals surface area contributed by atoms with Crippen LogP contribution >= 0.6 is 0 Å². The van der Waals surface area contributed by atoms with Gasteiger partial charge in [-0.2, -0.15) is 13.2 Å². The Morgan fingerprint density at radius 3 is 2.20 bits per heavy atom. The van der Waals surface area contributed by atoms with Crippen molar-refractivity contribution in [3.05, 3.63) is 95.6 Å². The van der Waals surface area contributed by atoms with Gasteiger partial charge in [0.15, 0.2) is 0 Å². The van der Waals surface area contributed by atoms with E-state index in [0.29, 0.717) is 22.8 Å². The summed E-state index contributed by atoms with van der Waals surface area (Å²) in [4.78, 5) is 11.0. The molecule has 0 amide bonds. The van der Waals surface area contributed by atoms with E-state index in [0.717, 1.165) is 12.1 Å². The SMILES string of the molecule is O=C(O)c1cccc(Oc2ccc(OC/C=C/c3ccc(C(F)(F)F)cc3)cc2)c1. The molecule has 0 aliphatic rings. The summed E-state index contributed by atoms with van der Waals surface area (Å²) in [6.45, 7) is 0.238. The topological polar surface area (TPSA) is 55.8 Å². The van der Waals surface area contributed by atoms with Gasteiger partial charge in [0.1, 0.15) is 23.9 Å². The van der Waals surface area contributed by atoms with Crippen molar-refractivity contribution in [3.8, 4) is 17.2 Å². The van der Waals surface area contributed by atoms with Crippen LogP contribution in [-0.4, -0.2) is 17.7 Å². The van der Waals surface area contributed by atoms with Crippen LogP contribution in [0.3, 0.4) is 0 Å². The standard InChI is InChI=1S/C23H17F3O4/c24-23(25,26)18-8-6-16(7-9-18)3-2-14-29-19-10-12-20(13-11-19)30-21-5-1-4-17(15-21)22(27)28/h1-13,15H,14H2,(H,27,28)/b3-2+. The lowest BCUT2D eigenvalue weighted by atomic mass is 10.1. The molecule has 0 aliphatic heterocycles. The Bertz CT molecular complexity index is 1020. The van der Waals surface area contributed by atoms with Crippen molar-refractivity contribution in [2.24, 2.45) is 0 Å². The first-order valence-electron chi connectivity index (χ1n) is 8.89. The number of halogens is 3. The van der Waals surface area contributed by atoms with E-state index < -0.39 is 17.7 Å². The molecular formula is C23H17F3O4. The van der Waals surface area contributed by atoms with Gasteiger partial charge in [0.05, 0.1) is 11.1 Å². The molecule has 0 radical (unpaired) electrons. The molecule has 0 saturated carbocycles. The first-order valence-corrected chi connectivity index (χ1v) is 8.89. The number of carbonyl (C=O) groups is 1. The lowest BCUT2D eigenvalue weighted by Gasteiger charge is -2.08. The Morgan fingerprint density at radius 1 is 0.900 bits per heavy atom. The minimum atomic E-state index is -4.35. The molecule has 3 aromatic rings. The minimum Gasteiger partial charge on any atom is -0.490 e. The van der Waals surface area contributed by atoms with Gasteiger partial charge < -0.3 is 14.6 Å². The fraction of sp³-hybridized carbons (Fsp3) is 0.0870. The first-order chi connectivity index (χ1) is 14.3. The van der Waals surface area contributed by atoms with Crippen molar-refractivity contribution in [1.29, 1.82) is 0 Å². The zero-order valence-electron chi connectivity index (χ0n) is 15.6. The van der Waals surface area contributed by atoms with Crippen molar-refractivity contribution in [2.45, 2.75) is 6.18 Å². The highest BCUT2D eigenvalue weighted by atomic mass is 19.4. The molecule has 4 nitrogen and oxygen atoms in total. The summed E-state index contributed by atoms with van der Waals surface area (Å²) in [6.07, 6.45) is -0.974. The molecule has 3 rings (SSSR count). The van der Waals surface area contributed by atoms with E-state index >= 15 is 0 Å². The van der Waals surface area contributed by atoms with Crippen molar-refractivity contribution in [3.63, 3.8) is 0 Å². The molecule has 0 heterocycles. The Balaban J connectivity index is 1.52. The summed E-state index contributed by atoms with van der Waals surface area (Å²) in [7, 11) is 0. The van der Waals surface area contributed by atoms with Crippen LogP contribution in [-0.2, 0) is 6.18 Å². The van der Waals surface area contributed by atoms with Gasteiger partial charge in [-0.1, -0.05) is 24.3 Å². The number of hydrogen-bond donors (Lipinski definition) is 1. The van der Waals surface area contributed by atoms with Crippen LogP contribution in [0.25, 0.3) is 6.08 Å². The molecule has 0 unspecified atom stereocenters. The predicted octanol–water partition coefficient (Wildman–Crippen LogP) is 6.29. The number of carboxylic acid groups (broad SMARTS) is 1. The largest absolute Gasteiger partial charge is 0.490 e. The van der Waals surface area contributed by atoms with E-state index in [2.05, 4.69) is 0 Å². The molecule has 1 N–H and O–H groups in total. The maximum Gasteiger partial charge on any atom is 0.416 e. The molecule has 7 heteroatoms. The third-order valence-electron chi connectivity index (χ3n) is 4.03. The highest BCUT2D eigenvalue weighted by Gasteiger charge is 2.29. The van der Waals surface area contributed by atoms with E-state index in [1.165, 1.54) is 24.3 Å². The Hall–Kier alpha value is -3.74. The average Bonchev–Trinajstić information content (AvgIpc) is 2.72. The Labute approximate surface area is 170 Å². The number of benzene rings is 3. The van der Waals surface area contributed by atoms with Crippen LogP contribution in [0.2, 0.25) is 0 Å². The highest BCUT2D eigenvalue weighted by molar-refractivity contribution is 5.88. The second kappa shape index (κ2) is 9.17. The van der Waals surface area contributed by atoms with Crippen LogP contribution in [0.15, 0.2) is 78.9 Å². The smallest absolute Gasteiger partial charge is 0.416 e. The fourth-order valence-electron chi connectivity index (χ4n) is 2.54. The van der Waals surface area contributed by atoms with Gasteiger partial charge in [0.25, 0.3) is 0 Å². The lowest BCUT2D eigenvalue weighted by molar-refractivity contribution is -0.137. The van der Waals surface area contributed by atoms with Gasteiger partial charge in [0, 0.05) is 0 Å². The molecule has 154 valence electrons. The van der Waals surface area contributed by atoms with Crippen molar-refractivity contribution < 1.29 is 32.5 Å². The van der Waals surface area contributed by atoms with Gasteiger partial charge in [0.2, 0.25) is 0 Å². The minimum absolute atomic E-state index is 0.132. The van der Waals surface area contributed by atoms with Crippen LogP contribution < -0.4 is 9.47 Å². The summed E-state index contributed by atoms with van der Waals surface area (Å²) < 4.78 is 48.8. The number of aromatic carboxylic acids is 1. The van der Waals surface area contributed by atoms with Gasteiger partial charge >= 0.3 is 12.1 Å². The van der Waals surface area contributed by atoms with E-state index in [1.54, 1.807) is 48.6 Å². The summed E-state index contributed by atoms with van der Waals surface area (Å²) in [5, 5.41) is 9.01. The molecule has 3 aromatic carbocycles. The molecule has 0 fully saturated rings. The molecule has 0 atom stereocenters. The Morgan fingerprint density at radius 2 is 1.57 bits per heavy atom. The summed E-state index contributed by atoms with van der Waals surface area (Å²) in [5.41, 5.74) is 0.0825. The quantitative estimate of drug-likeness (QED) is 0.494. The molecule has 0 spiro atoms. The molecule has 0 aromatic heterocycles. The van der Waals surface area contributed by atoms with E-state index in [1.807, 2.05) is 0 Å². The molecule has 30 heavy (non-hydrogen) atoms. The monoisotopic (exact) mass is 414 g/mol. The number of ether oxygens (including phenoxy) is 2. The third-order valence-corrected chi connectivity index (χ3v) is 4.03. The summed E-state index contributed by atoms with van der Waals surface area (Å²) in [5.74, 6) is 0.473. The maximum absolute atomic E-state index is 12.5. The number of carboxylic acids is 1. The highest BCUT2D eigenvalue weighted by Crippen LogP contribution is 2.29. The number of alkyl halides is 3. The predicted molar refractivity (Wildman–Crippen MR) is 106 cm³/mol. The average molecular weight is 414 g/mol. The van der Waals surface area contributed by atoms with Crippen molar-refractivity contribution >= 4 is 12.0 Å². The van der Waals surface area contributed by atoms with E-state index in [9.17, 15) is 18.0 Å². The number of rotatable bonds is 7. The molecule has 0 aliphatic carbocycles. The van der Waals surface area contributed by atoms with Crippen LogP contribution in [0.5, 0.6) is 17.2 Å². The molecule has 0 bridgehead atoms. The van der Waals surface area contributed by atoms with Gasteiger partial charge in [-0.05, 0) is 66.2 Å². The summed E-state index contributed by atoms with van der Waals surface area (Å²) >= 11 is 0. The zero-order chi connectivity index (χ0) is 21.6. The second-order valence-corrected chi connectivity index (χ2v) is 6.24. The maximum atomic E-state index is 12.5. The van der Waals surface area contributed by atoms with Crippen LogP contribution in [0, 0.1) is 0 Å². The van der Waals surface area contributed by atoms with Gasteiger partial charge in [-0.15, -0.1) is 0 Å². The van der Waals surface area contributed by atoms with Gasteiger partial charge in [-0.3, -0.25) is 0 Å². The third kappa shape index (κ3) is 5.88. The molecule has 0 saturated heterocycles. The first kappa shape index (κ1) is 21.0. The normalized spacial score (nSPS) is 11.4. The molecular weight excluding hydrogens is 397 g/mol. The summed E-state index contributed by atoms with van der Waals surface area (Å²) in [6, 6.07) is 17.8. The zero-order valence-corrected chi connectivity index (χ0v) is 15.6. The van der Waals surface area contributed by atoms with Gasteiger partial charge in [-0.25, -0.2) is 4.79 Å². The van der Waals surface area contributed by atoms with Crippen LogP contribution in [0.4, 0.5) is 13.2 Å². The van der Waals surface area contributed by atoms with Crippen LogP contribution in [0.1, 0.15) is 21.5 Å². The van der Waals surface area contributed by atoms with Crippen molar-refractivity contribution in [2.75, 3.05) is 6.61 Å². The lowest BCUT2D eigenvalue weighted by Crippen LogP contribution is -2.03. The number of hydrogen-bond acceptors (Lipinski definition) is 3.